The number of likely N-dealkylation sites (tertiary alicyclic amines) is 1. The Morgan fingerprint density at radius 2 is 1.95 bits per heavy atom. The Bertz CT molecular complexity index is 256. The lowest BCUT2D eigenvalue weighted by atomic mass is 10.0. The van der Waals surface area contributed by atoms with Gasteiger partial charge in [0.25, 0.3) is 0 Å². The Hall–Kier alpha value is -0.160. The summed E-state index contributed by atoms with van der Waals surface area (Å²) < 4.78 is 5.45. The highest BCUT2D eigenvalue weighted by molar-refractivity contribution is 4.90. The van der Waals surface area contributed by atoms with Gasteiger partial charge in [0.1, 0.15) is 0 Å². The van der Waals surface area contributed by atoms with Crippen LogP contribution in [-0.4, -0.2) is 67.3 Å². The van der Waals surface area contributed by atoms with Crippen LogP contribution in [-0.2, 0) is 4.74 Å². The van der Waals surface area contributed by atoms with Gasteiger partial charge in [-0.25, -0.2) is 0 Å². The summed E-state index contributed by atoms with van der Waals surface area (Å²) in [4.78, 5) is 5.25. The molecule has 3 unspecified atom stereocenters. The van der Waals surface area contributed by atoms with Gasteiger partial charge in [-0.2, -0.15) is 0 Å². The fourth-order valence-electron chi connectivity index (χ4n) is 3.67. The molecule has 112 valence electrons. The van der Waals surface area contributed by atoms with Crippen molar-refractivity contribution in [3.8, 4) is 0 Å². The summed E-state index contributed by atoms with van der Waals surface area (Å²) in [6.07, 6.45) is 4.82. The van der Waals surface area contributed by atoms with Gasteiger partial charge < -0.3 is 10.5 Å². The SMILES string of the molecule is CCCC(N)C(CC)N1CCC(N2CCOCC2)C1. The molecule has 0 aromatic heterocycles. The standard InChI is InChI=1S/C15H31N3O/c1-3-5-14(16)15(4-2)18-7-6-13(12-18)17-8-10-19-11-9-17/h13-15H,3-12,16H2,1-2H3. The van der Waals surface area contributed by atoms with Gasteiger partial charge >= 0.3 is 0 Å². The average molecular weight is 269 g/mol. The van der Waals surface area contributed by atoms with Crippen LogP contribution in [0.3, 0.4) is 0 Å². The maximum Gasteiger partial charge on any atom is 0.0594 e. The van der Waals surface area contributed by atoms with Gasteiger partial charge in [0, 0.05) is 44.3 Å². The van der Waals surface area contributed by atoms with Crippen LogP contribution < -0.4 is 5.73 Å². The number of ether oxygens (including phenoxy) is 1. The first kappa shape index (κ1) is 15.2. The maximum absolute atomic E-state index is 6.37. The van der Waals surface area contributed by atoms with Crippen molar-refractivity contribution in [1.29, 1.82) is 0 Å². The van der Waals surface area contributed by atoms with Crippen LogP contribution in [0, 0.1) is 0 Å². The largest absolute Gasteiger partial charge is 0.379 e. The normalized spacial score (nSPS) is 29.5. The van der Waals surface area contributed by atoms with Crippen LogP contribution >= 0.6 is 0 Å². The summed E-state index contributed by atoms with van der Waals surface area (Å²) in [5.74, 6) is 0. The molecular weight excluding hydrogens is 238 g/mol. The molecule has 0 aliphatic carbocycles. The zero-order valence-corrected chi connectivity index (χ0v) is 12.7. The first-order chi connectivity index (χ1) is 9.26. The third kappa shape index (κ3) is 3.91. The molecule has 0 aromatic rings. The van der Waals surface area contributed by atoms with E-state index in [-0.39, 0.29) is 0 Å². The molecule has 0 aromatic carbocycles. The highest BCUT2D eigenvalue weighted by Crippen LogP contribution is 2.22. The monoisotopic (exact) mass is 269 g/mol. The number of rotatable bonds is 6. The molecule has 3 atom stereocenters. The van der Waals surface area contributed by atoms with Gasteiger partial charge in [-0.1, -0.05) is 20.3 Å². The molecule has 0 bridgehead atoms. The minimum absolute atomic E-state index is 0.346. The molecule has 0 amide bonds. The molecule has 2 N–H and O–H groups in total. The summed E-state index contributed by atoms with van der Waals surface area (Å²) in [6.45, 7) is 11.0. The minimum atomic E-state index is 0.346. The van der Waals surface area contributed by atoms with E-state index in [9.17, 15) is 0 Å². The number of morpholine rings is 1. The summed E-state index contributed by atoms with van der Waals surface area (Å²) in [5, 5.41) is 0. The van der Waals surface area contributed by atoms with E-state index < -0.39 is 0 Å². The van der Waals surface area contributed by atoms with E-state index in [1.807, 2.05) is 0 Å². The summed E-state index contributed by atoms with van der Waals surface area (Å²) >= 11 is 0. The Labute approximate surface area is 118 Å². The Kier molecular flexibility index (Phi) is 6.07. The van der Waals surface area contributed by atoms with Gasteiger partial charge in [-0.05, 0) is 19.3 Å². The molecular formula is C15H31N3O. The van der Waals surface area contributed by atoms with Gasteiger partial charge in [-0.15, -0.1) is 0 Å². The summed E-state index contributed by atoms with van der Waals surface area (Å²) in [5.41, 5.74) is 6.37. The van der Waals surface area contributed by atoms with E-state index in [0.29, 0.717) is 12.1 Å². The fourth-order valence-corrected chi connectivity index (χ4v) is 3.67. The molecule has 2 heterocycles. The average Bonchev–Trinajstić information content (AvgIpc) is 2.90. The quantitative estimate of drug-likeness (QED) is 0.789. The third-order valence-electron chi connectivity index (χ3n) is 4.76. The molecule has 4 nitrogen and oxygen atoms in total. The van der Waals surface area contributed by atoms with E-state index >= 15 is 0 Å². The molecule has 2 saturated heterocycles. The molecule has 2 aliphatic heterocycles. The first-order valence-corrected chi connectivity index (χ1v) is 8.07. The van der Waals surface area contributed by atoms with Crippen molar-refractivity contribution in [2.24, 2.45) is 5.73 Å². The third-order valence-corrected chi connectivity index (χ3v) is 4.76. The predicted octanol–water partition coefficient (Wildman–Crippen LogP) is 1.30. The molecule has 0 radical (unpaired) electrons. The van der Waals surface area contributed by atoms with Gasteiger partial charge in [0.15, 0.2) is 0 Å². The maximum atomic E-state index is 6.37. The second-order valence-electron chi connectivity index (χ2n) is 6.01. The smallest absolute Gasteiger partial charge is 0.0594 e. The summed E-state index contributed by atoms with van der Waals surface area (Å²) in [6, 6.07) is 1.65. The number of hydrogen-bond donors (Lipinski definition) is 1. The Morgan fingerprint density at radius 3 is 2.58 bits per heavy atom. The predicted molar refractivity (Wildman–Crippen MR) is 79.3 cm³/mol. The number of nitrogens with zero attached hydrogens (tertiary/aromatic N) is 2. The lowest BCUT2D eigenvalue weighted by Crippen LogP contribution is -2.49. The van der Waals surface area contributed by atoms with Crippen LogP contribution in [0.25, 0.3) is 0 Å². The fraction of sp³-hybridized carbons (Fsp3) is 1.00. The lowest BCUT2D eigenvalue weighted by Gasteiger charge is -2.35. The molecule has 2 aliphatic rings. The molecule has 0 spiro atoms. The highest BCUT2D eigenvalue weighted by atomic mass is 16.5. The zero-order valence-electron chi connectivity index (χ0n) is 12.7. The Morgan fingerprint density at radius 1 is 1.21 bits per heavy atom. The van der Waals surface area contributed by atoms with Crippen molar-refractivity contribution in [3.63, 3.8) is 0 Å². The molecule has 0 saturated carbocycles. The van der Waals surface area contributed by atoms with Crippen LogP contribution in [0.15, 0.2) is 0 Å². The van der Waals surface area contributed by atoms with E-state index in [2.05, 4.69) is 23.6 Å². The van der Waals surface area contributed by atoms with Crippen LogP contribution in [0.2, 0.25) is 0 Å². The van der Waals surface area contributed by atoms with E-state index in [1.165, 1.54) is 32.4 Å². The van der Waals surface area contributed by atoms with Crippen LogP contribution in [0.1, 0.15) is 39.5 Å². The molecule has 2 fully saturated rings. The zero-order chi connectivity index (χ0) is 13.7. The van der Waals surface area contributed by atoms with E-state index in [0.717, 1.165) is 38.8 Å². The van der Waals surface area contributed by atoms with E-state index in [1.54, 1.807) is 0 Å². The topological polar surface area (TPSA) is 41.7 Å². The van der Waals surface area contributed by atoms with Crippen molar-refractivity contribution in [2.45, 2.75) is 57.7 Å². The van der Waals surface area contributed by atoms with Gasteiger partial charge in [0.2, 0.25) is 0 Å². The van der Waals surface area contributed by atoms with Crippen molar-refractivity contribution >= 4 is 0 Å². The summed E-state index contributed by atoms with van der Waals surface area (Å²) in [7, 11) is 0. The van der Waals surface area contributed by atoms with Gasteiger partial charge in [-0.3, -0.25) is 9.80 Å². The first-order valence-electron chi connectivity index (χ1n) is 8.07. The second kappa shape index (κ2) is 7.58. The lowest BCUT2D eigenvalue weighted by molar-refractivity contribution is 0.0172. The van der Waals surface area contributed by atoms with Crippen molar-refractivity contribution in [1.82, 2.24) is 9.80 Å². The Balaban J connectivity index is 1.85. The molecule has 19 heavy (non-hydrogen) atoms. The number of hydrogen-bond acceptors (Lipinski definition) is 4. The van der Waals surface area contributed by atoms with Crippen LogP contribution in [0.4, 0.5) is 0 Å². The van der Waals surface area contributed by atoms with Crippen molar-refractivity contribution in [2.75, 3.05) is 39.4 Å². The minimum Gasteiger partial charge on any atom is -0.379 e. The second-order valence-corrected chi connectivity index (χ2v) is 6.01. The van der Waals surface area contributed by atoms with Crippen molar-refractivity contribution < 1.29 is 4.74 Å². The molecule has 2 rings (SSSR count). The van der Waals surface area contributed by atoms with Crippen LogP contribution in [0.5, 0.6) is 0 Å². The van der Waals surface area contributed by atoms with E-state index in [4.69, 9.17) is 10.5 Å². The molecule has 4 heteroatoms. The number of nitrogens with two attached hydrogens (primary N) is 1. The highest BCUT2D eigenvalue weighted by Gasteiger charge is 2.33. The van der Waals surface area contributed by atoms with Gasteiger partial charge in [0.05, 0.1) is 13.2 Å². The van der Waals surface area contributed by atoms with Crippen molar-refractivity contribution in [3.05, 3.63) is 0 Å².